The number of rotatable bonds is 5. The van der Waals surface area contributed by atoms with E-state index in [1.807, 2.05) is 0 Å². The van der Waals surface area contributed by atoms with Crippen LogP contribution in [-0.4, -0.2) is 20.1 Å². The van der Waals surface area contributed by atoms with Crippen molar-refractivity contribution in [2.75, 3.05) is 6.54 Å². The van der Waals surface area contributed by atoms with Crippen LogP contribution in [0.4, 0.5) is 0 Å². The summed E-state index contributed by atoms with van der Waals surface area (Å²) in [4.78, 5) is 0. The van der Waals surface area contributed by atoms with E-state index >= 15 is 0 Å². The molecule has 0 aliphatic carbocycles. The third kappa shape index (κ3) is 5.20. The van der Waals surface area contributed by atoms with E-state index in [2.05, 4.69) is 4.72 Å². The number of hydrogen-bond donors (Lipinski definition) is 3. The average Bonchev–Trinajstić information content (AvgIpc) is 2.15. The lowest BCUT2D eigenvalue weighted by Gasteiger charge is -2.12. The maximum atomic E-state index is 10.6. The highest BCUT2D eigenvalue weighted by molar-refractivity contribution is 7.87. The first kappa shape index (κ1) is 14.7. The van der Waals surface area contributed by atoms with Crippen molar-refractivity contribution >= 4 is 33.4 Å². The Morgan fingerprint density at radius 1 is 1.41 bits per heavy atom. The Labute approximate surface area is 110 Å². The van der Waals surface area contributed by atoms with Crippen molar-refractivity contribution in [2.24, 2.45) is 5.14 Å². The zero-order valence-electron chi connectivity index (χ0n) is 8.73. The summed E-state index contributed by atoms with van der Waals surface area (Å²) in [6.45, 7) is 0.0267. The highest BCUT2D eigenvalue weighted by Gasteiger charge is 2.12. The molecule has 0 fully saturated rings. The Kier molecular flexibility index (Phi) is 5.18. The van der Waals surface area contributed by atoms with Crippen LogP contribution in [0.1, 0.15) is 18.1 Å². The van der Waals surface area contributed by atoms with Gasteiger partial charge in [-0.25, -0.2) is 9.86 Å². The Hall–Kier alpha value is -0.370. The van der Waals surface area contributed by atoms with Crippen LogP contribution in [0.5, 0.6) is 0 Å². The first-order valence-electron chi connectivity index (χ1n) is 4.70. The summed E-state index contributed by atoms with van der Waals surface area (Å²) < 4.78 is 23.3. The summed E-state index contributed by atoms with van der Waals surface area (Å²) in [5, 5.41) is 15.3. The van der Waals surface area contributed by atoms with Gasteiger partial charge in [-0.1, -0.05) is 29.3 Å². The van der Waals surface area contributed by atoms with E-state index in [9.17, 15) is 13.5 Å². The lowest BCUT2D eigenvalue weighted by Crippen LogP contribution is -2.32. The second-order valence-electron chi connectivity index (χ2n) is 3.41. The van der Waals surface area contributed by atoms with Gasteiger partial charge in [0, 0.05) is 16.6 Å². The van der Waals surface area contributed by atoms with Crippen LogP contribution >= 0.6 is 23.2 Å². The van der Waals surface area contributed by atoms with Crippen molar-refractivity contribution in [3.8, 4) is 0 Å². The van der Waals surface area contributed by atoms with E-state index in [-0.39, 0.29) is 13.0 Å². The number of benzene rings is 1. The van der Waals surface area contributed by atoms with Crippen LogP contribution in [0, 0.1) is 0 Å². The Balaban J connectivity index is 2.61. The molecular weight excluding hydrogens is 287 g/mol. The van der Waals surface area contributed by atoms with Gasteiger partial charge in [0.05, 0.1) is 6.10 Å². The fraction of sp³-hybridized carbons (Fsp3) is 0.333. The summed E-state index contributed by atoms with van der Waals surface area (Å²) in [5.74, 6) is 0. The third-order valence-corrected chi connectivity index (χ3v) is 3.21. The molecule has 1 aromatic carbocycles. The second-order valence-corrected chi connectivity index (χ2v) is 5.63. The predicted molar refractivity (Wildman–Crippen MR) is 67.1 cm³/mol. The largest absolute Gasteiger partial charge is 0.388 e. The molecule has 5 nitrogen and oxygen atoms in total. The van der Waals surface area contributed by atoms with Crippen LogP contribution < -0.4 is 9.86 Å². The molecule has 1 rings (SSSR count). The number of halogens is 2. The van der Waals surface area contributed by atoms with Crippen LogP contribution in [0.15, 0.2) is 18.2 Å². The minimum absolute atomic E-state index is 0.0267. The van der Waals surface area contributed by atoms with Crippen LogP contribution in [0.25, 0.3) is 0 Å². The van der Waals surface area contributed by atoms with Gasteiger partial charge in [-0.2, -0.15) is 8.42 Å². The molecule has 0 bridgehead atoms. The van der Waals surface area contributed by atoms with Crippen LogP contribution in [0.2, 0.25) is 10.0 Å². The number of nitrogens with one attached hydrogen (secondary N) is 1. The highest BCUT2D eigenvalue weighted by Crippen LogP contribution is 2.27. The van der Waals surface area contributed by atoms with Gasteiger partial charge in [0.1, 0.15) is 0 Å². The maximum absolute atomic E-state index is 10.6. The molecular formula is C9H12Cl2N2O3S. The minimum Gasteiger partial charge on any atom is -0.388 e. The summed E-state index contributed by atoms with van der Waals surface area (Å²) >= 11 is 11.6. The van der Waals surface area contributed by atoms with Crippen molar-refractivity contribution in [2.45, 2.75) is 12.5 Å². The standard InChI is InChI=1S/C9H12Cl2N2O3S/c10-6-1-2-7(8(11)5-6)9(14)3-4-13-17(12,15)16/h1-2,5,9,13-14H,3-4H2,(H2,12,15,16). The molecule has 96 valence electrons. The van der Waals surface area contributed by atoms with Crippen LogP contribution in [0.3, 0.4) is 0 Å². The van der Waals surface area contributed by atoms with Crippen molar-refractivity contribution in [3.63, 3.8) is 0 Å². The van der Waals surface area contributed by atoms with Crippen molar-refractivity contribution < 1.29 is 13.5 Å². The molecule has 0 aromatic heterocycles. The molecule has 0 spiro atoms. The van der Waals surface area contributed by atoms with Gasteiger partial charge < -0.3 is 5.11 Å². The smallest absolute Gasteiger partial charge is 0.274 e. The first-order chi connectivity index (χ1) is 7.79. The summed E-state index contributed by atoms with van der Waals surface area (Å²) in [5.41, 5.74) is 0.493. The Bertz CT molecular complexity index is 493. The Morgan fingerprint density at radius 3 is 2.59 bits per heavy atom. The van der Waals surface area contributed by atoms with Crippen molar-refractivity contribution in [1.82, 2.24) is 4.72 Å². The number of hydrogen-bond acceptors (Lipinski definition) is 3. The van der Waals surface area contributed by atoms with Crippen molar-refractivity contribution in [3.05, 3.63) is 33.8 Å². The molecule has 4 N–H and O–H groups in total. The minimum atomic E-state index is -3.73. The summed E-state index contributed by atoms with van der Waals surface area (Å²) in [6, 6.07) is 4.69. The quantitative estimate of drug-likeness (QED) is 0.763. The molecule has 0 radical (unpaired) electrons. The highest BCUT2D eigenvalue weighted by atomic mass is 35.5. The van der Waals surface area contributed by atoms with Gasteiger partial charge >= 0.3 is 0 Å². The van der Waals surface area contributed by atoms with Crippen LogP contribution in [-0.2, 0) is 10.2 Å². The molecule has 0 aliphatic rings. The van der Waals surface area contributed by atoms with Crippen molar-refractivity contribution in [1.29, 1.82) is 0 Å². The fourth-order valence-corrected chi connectivity index (χ4v) is 2.20. The van der Waals surface area contributed by atoms with E-state index in [0.717, 1.165) is 0 Å². The topological polar surface area (TPSA) is 92.4 Å². The van der Waals surface area contributed by atoms with Gasteiger partial charge in [0.2, 0.25) is 0 Å². The van der Waals surface area contributed by atoms with E-state index in [4.69, 9.17) is 28.3 Å². The summed E-state index contributed by atoms with van der Waals surface area (Å²) in [6.07, 6.45) is -0.716. The molecule has 0 aliphatic heterocycles. The van der Waals surface area contributed by atoms with E-state index in [1.165, 1.54) is 6.07 Å². The molecule has 1 unspecified atom stereocenters. The summed E-state index contributed by atoms with van der Waals surface area (Å²) in [7, 11) is -3.73. The van der Waals surface area contributed by atoms with Gasteiger partial charge in [0.15, 0.2) is 0 Å². The lowest BCUT2D eigenvalue weighted by atomic mass is 10.1. The molecule has 0 saturated heterocycles. The first-order valence-corrected chi connectivity index (χ1v) is 7.00. The van der Waals surface area contributed by atoms with Gasteiger partial charge in [-0.3, -0.25) is 0 Å². The van der Waals surface area contributed by atoms with E-state index in [1.54, 1.807) is 12.1 Å². The van der Waals surface area contributed by atoms with Gasteiger partial charge in [0.25, 0.3) is 10.2 Å². The molecule has 0 heterocycles. The zero-order chi connectivity index (χ0) is 13.1. The third-order valence-electron chi connectivity index (χ3n) is 2.04. The molecule has 1 aromatic rings. The lowest BCUT2D eigenvalue weighted by molar-refractivity contribution is 0.169. The van der Waals surface area contributed by atoms with E-state index in [0.29, 0.717) is 15.6 Å². The van der Waals surface area contributed by atoms with Gasteiger partial charge in [-0.15, -0.1) is 0 Å². The number of aliphatic hydroxyl groups is 1. The van der Waals surface area contributed by atoms with E-state index < -0.39 is 16.3 Å². The number of nitrogens with two attached hydrogens (primary N) is 1. The fourth-order valence-electron chi connectivity index (χ4n) is 1.27. The predicted octanol–water partition coefficient (Wildman–Crippen LogP) is 1.21. The monoisotopic (exact) mass is 298 g/mol. The SMILES string of the molecule is NS(=O)(=O)NCCC(O)c1ccc(Cl)cc1Cl. The normalized spacial score (nSPS) is 13.6. The molecule has 0 saturated carbocycles. The second kappa shape index (κ2) is 5.99. The molecule has 1 atom stereocenters. The molecule has 8 heteroatoms. The average molecular weight is 299 g/mol. The number of aliphatic hydroxyl groups excluding tert-OH is 1. The maximum Gasteiger partial charge on any atom is 0.274 e. The Morgan fingerprint density at radius 2 is 2.06 bits per heavy atom. The van der Waals surface area contributed by atoms with Gasteiger partial charge in [-0.05, 0) is 24.1 Å². The zero-order valence-corrected chi connectivity index (χ0v) is 11.1. The molecule has 17 heavy (non-hydrogen) atoms. The molecule has 0 amide bonds.